The molecule has 2 saturated carbocycles. The molecular formula is C26H26FeN6O3. The van der Waals surface area contributed by atoms with Crippen molar-refractivity contribution in [3.8, 4) is 11.8 Å². The van der Waals surface area contributed by atoms with Crippen LogP contribution in [0.2, 0.25) is 47.7 Å². The van der Waals surface area contributed by atoms with Crippen molar-refractivity contribution in [3.63, 3.8) is 0 Å². The van der Waals surface area contributed by atoms with E-state index in [-0.39, 0.29) is 11.8 Å². The van der Waals surface area contributed by atoms with Crippen LogP contribution in [-0.4, -0.2) is 61.9 Å². The molecule has 0 radical (unpaired) electrons. The molecule has 10 heteroatoms. The Morgan fingerprint density at radius 1 is 1.11 bits per heavy atom. The van der Waals surface area contributed by atoms with Crippen LogP contribution in [0, 0.1) is 23.2 Å². The first-order valence-corrected chi connectivity index (χ1v) is 19.7. The van der Waals surface area contributed by atoms with E-state index in [0.29, 0.717) is 33.5 Å². The Labute approximate surface area is 196 Å². The first-order chi connectivity index (χ1) is 17.2. The van der Waals surface area contributed by atoms with Crippen LogP contribution in [0.4, 0.5) is 5.82 Å². The summed E-state index contributed by atoms with van der Waals surface area (Å²) >= 11 is 0. The molecule has 0 aromatic carbocycles. The van der Waals surface area contributed by atoms with Gasteiger partial charge in [-0.2, -0.15) is 0 Å². The van der Waals surface area contributed by atoms with Crippen molar-refractivity contribution in [3.05, 3.63) is 12.2 Å². The second kappa shape index (κ2) is 2.28. The normalized spacial score (nSPS) is 77.5. The molecule has 1 spiro atoms. The van der Waals surface area contributed by atoms with Gasteiger partial charge in [0.05, 0.1) is 0 Å². The zero-order valence-corrected chi connectivity index (χ0v) is 20.8. The van der Waals surface area contributed by atoms with Crippen molar-refractivity contribution in [2.45, 2.75) is 72.3 Å². The number of amides is 1. The van der Waals surface area contributed by atoms with Crippen LogP contribution in [-0.2, 0) is 11.3 Å². The third-order valence-electron chi connectivity index (χ3n) is 20.3. The van der Waals surface area contributed by atoms with Crippen LogP contribution in [0.5, 0.6) is 0 Å². The molecule has 36 heavy (non-hydrogen) atoms. The number of nitrogens with one attached hydrogen (secondary N) is 2. The summed E-state index contributed by atoms with van der Waals surface area (Å²) in [7, 11) is 3.40. The van der Waals surface area contributed by atoms with E-state index in [4.69, 9.17) is 9.97 Å². The number of carbonyl (C=O) groups excluding carboxylic acids is 1. The fourth-order valence-corrected chi connectivity index (χ4v) is 93.8. The molecule has 4 N–H and O–H groups in total. The van der Waals surface area contributed by atoms with Gasteiger partial charge in [-0.05, 0) is 0 Å². The molecule has 14 rings (SSSR count). The molecule has 4 unspecified atom stereocenters. The van der Waals surface area contributed by atoms with Gasteiger partial charge in [-0.1, -0.05) is 0 Å². The second-order valence-corrected chi connectivity index (χ2v) is 39.8. The van der Waals surface area contributed by atoms with Crippen LogP contribution in [0.25, 0.3) is 11.2 Å². The molecule has 10 aliphatic heterocycles. The Bertz CT molecular complexity index is 2030. The molecule has 186 valence electrons. The van der Waals surface area contributed by atoms with E-state index < -0.39 is 30.2 Å². The molecule has 2 aromatic heterocycles. The summed E-state index contributed by atoms with van der Waals surface area (Å²) < 4.78 is 2.34. The molecular weight excluding hydrogens is 500 g/mol. The number of anilines is 1. The van der Waals surface area contributed by atoms with E-state index in [9.17, 15) is 15.0 Å². The Kier molecular flexibility index (Phi) is 1.05. The van der Waals surface area contributed by atoms with Gasteiger partial charge in [-0.15, -0.1) is 0 Å². The number of aliphatic hydroxyl groups is 2. The van der Waals surface area contributed by atoms with E-state index in [2.05, 4.69) is 27.5 Å². The number of fused-ring (bicyclic) bond motifs is 12. The van der Waals surface area contributed by atoms with Gasteiger partial charge in [-0.3, -0.25) is 0 Å². The molecule has 12 heterocycles. The van der Waals surface area contributed by atoms with Crippen molar-refractivity contribution in [1.29, 1.82) is 0 Å². The van der Waals surface area contributed by atoms with Crippen LogP contribution < -0.4 is 10.6 Å². The summed E-state index contributed by atoms with van der Waals surface area (Å²) in [6.07, 6.45) is 0.0309. The van der Waals surface area contributed by atoms with Gasteiger partial charge in [0.2, 0.25) is 0 Å². The van der Waals surface area contributed by atoms with Crippen LogP contribution >= 0.6 is 0 Å². The molecule has 12 fully saturated rings. The average Bonchev–Trinajstić information content (AvgIpc) is 3.87. The minimum absolute atomic E-state index is 0.162. The molecule has 2 aliphatic carbocycles. The Morgan fingerprint density at radius 3 is 2.36 bits per heavy atom. The van der Waals surface area contributed by atoms with E-state index in [1.807, 2.05) is 11.6 Å². The van der Waals surface area contributed by atoms with Crippen molar-refractivity contribution in [1.82, 2.24) is 24.8 Å². The van der Waals surface area contributed by atoms with Gasteiger partial charge in [0, 0.05) is 7.05 Å². The number of hydrogen-bond donors (Lipinski definition) is 4. The standard InChI is InChI=1S/C21H21N6O3.C5H5.Fe/c1-22-18-14-19(26-13(25-18)8-7-11-5-3-4-6-11)27(10-24-14)15-12-9-21(12,20(30)23-2)17(29)16(15)28;1-2-4-5-3-1;/h3-6,10,12,15-17,28-29H,9H2,1-2H3,(H,23,30)(H,22,25,26);1-5H;/t12-,15-,16+,17+,21+;;/m1../s1. The zero-order chi connectivity index (χ0) is 23.6. The third kappa shape index (κ3) is 0.378. The van der Waals surface area contributed by atoms with Crippen molar-refractivity contribution < 1.29 is 21.5 Å². The maximum atomic E-state index is 12.6. The second-order valence-electron chi connectivity index (χ2n) is 16.3. The fraction of sp³-hybridized carbons (Fsp3) is 0.692. The van der Waals surface area contributed by atoms with Crippen molar-refractivity contribution in [2.24, 2.45) is 11.3 Å². The predicted molar refractivity (Wildman–Crippen MR) is 124 cm³/mol. The number of rotatable bonds is 3. The number of aromatic nitrogens is 4. The van der Waals surface area contributed by atoms with Gasteiger partial charge in [0.15, 0.2) is 0 Å². The average molecular weight is 526 g/mol. The van der Waals surface area contributed by atoms with Gasteiger partial charge in [0.25, 0.3) is 0 Å². The van der Waals surface area contributed by atoms with Crippen LogP contribution in [0.15, 0.2) is 6.33 Å². The van der Waals surface area contributed by atoms with Crippen molar-refractivity contribution in [2.75, 3.05) is 19.4 Å². The van der Waals surface area contributed by atoms with E-state index in [0.717, 1.165) is 9.63 Å². The number of carbonyl (C=O) groups is 1. The molecule has 1 amide bonds. The maximum absolute atomic E-state index is 12.6. The summed E-state index contributed by atoms with van der Waals surface area (Å²) in [5, 5.41) is 27.7. The SMILES string of the molecule is CNC(=O)[C@@]12C[C@@H]1[C@@H](n1cnc3c(NC)nc(C#C[C]45[CH]6[CH]7[CH]8[CH]4[Fe]786549%10%11[CH]5[CH]4[CH]9[CH]%10[CH]5%11)nc31)[C@H](O)[C@@H]2O. The first kappa shape index (κ1) is 16.6. The number of imidazole rings is 1. The van der Waals surface area contributed by atoms with Crippen LogP contribution in [0.1, 0.15) is 18.3 Å². The zero-order valence-electron chi connectivity index (χ0n) is 19.7. The summed E-state index contributed by atoms with van der Waals surface area (Å²) in [6.45, 7) is -3.28. The summed E-state index contributed by atoms with van der Waals surface area (Å²) in [4.78, 5) is 37.7. The van der Waals surface area contributed by atoms with E-state index in [1.54, 1.807) is 13.4 Å². The monoisotopic (exact) mass is 526 g/mol. The molecule has 2 aromatic rings. The molecule has 12 aliphatic rings. The van der Waals surface area contributed by atoms with Gasteiger partial charge >= 0.3 is 189 Å². The minimum atomic E-state index is -3.28. The topological polar surface area (TPSA) is 125 Å². The molecule has 0 bridgehead atoms. The first-order valence-electron chi connectivity index (χ1n) is 13.4. The van der Waals surface area contributed by atoms with Crippen LogP contribution in [0.3, 0.4) is 0 Å². The van der Waals surface area contributed by atoms with Gasteiger partial charge in [-0.25, -0.2) is 0 Å². The Morgan fingerprint density at radius 2 is 1.81 bits per heavy atom. The Balaban J connectivity index is 0.942. The molecule has 9 atom stereocenters. The number of hydrogen-bond acceptors (Lipinski definition) is 7. The van der Waals surface area contributed by atoms with Gasteiger partial charge in [0.1, 0.15) is 0 Å². The molecule has 9 nitrogen and oxygen atoms in total. The Hall–Kier alpha value is -2.18. The quantitative estimate of drug-likeness (QED) is 0.356. The summed E-state index contributed by atoms with van der Waals surface area (Å²) in [5.74, 6) is 8.28. The fourth-order valence-electron chi connectivity index (χ4n) is 20.8. The molecule has 10 saturated heterocycles. The van der Waals surface area contributed by atoms with Crippen molar-refractivity contribution >= 4 is 22.9 Å². The number of aliphatic hydroxyl groups excluding tert-OH is 2. The van der Waals surface area contributed by atoms with E-state index >= 15 is 0 Å². The third-order valence-corrected chi connectivity index (χ3v) is 62.5. The summed E-state index contributed by atoms with van der Waals surface area (Å²) in [5.41, 5.74) is 0.302. The van der Waals surface area contributed by atoms with E-state index in [1.165, 1.54) is 33.7 Å². The van der Waals surface area contributed by atoms with Gasteiger partial charge < -0.3 is 0 Å². The number of nitrogens with zero attached hydrogens (tertiary/aromatic N) is 4. The predicted octanol–water partition coefficient (Wildman–Crippen LogP) is 2.01. The summed E-state index contributed by atoms with van der Waals surface area (Å²) in [6, 6.07) is -0.467.